The maximum atomic E-state index is 5.74. The number of nitrogens with one attached hydrogen (secondary N) is 1. The van der Waals surface area contributed by atoms with Crippen LogP contribution in [-0.4, -0.2) is 19.6 Å². The minimum Gasteiger partial charge on any atom is -0.330 e. The van der Waals surface area contributed by atoms with Crippen LogP contribution >= 0.6 is 40.7 Å². The fourth-order valence-corrected chi connectivity index (χ4v) is 2.35. The lowest BCUT2D eigenvalue weighted by Gasteiger charge is -2.16. The minimum atomic E-state index is 0. The SMILES string of the molecule is Cl.Cl.NCC1CNCC1c1ccc(Br)cc1. The molecule has 1 fully saturated rings. The van der Waals surface area contributed by atoms with Crippen molar-refractivity contribution in [3.05, 3.63) is 34.3 Å². The molecule has 3 N–H and O–H groups in total. The molecule has 0 aliphatic carbocycles. The van der Waals surface area contributed by atoms with Crippen LogP contribution in [0.25, 0.3) is 0 Å². The Hall–Kier alpha value is 0.200. The normalized spacial score (nSPS) is 23.4. The van der Waals surface area contributed by atoms with Crippen LogP contribution in [0.15, 0.2) is 28.7 Å². The molecule has 0 aromatic heterocycles. The van der Waals surface area contributed by atoms with E-state index in [1.165, 1.54) is 5.56 Å². The summed E-state index contributed by atoms with van der Waals surface area (Å²) in [7, 11) is 0. The van der Waals surface area contributed by atoms with E-state index in [2.05, 4.69) is 45.5 Å². The van der Waals surface area contributed by atoms with E-state index in [0.29, 0.717) is 11.8 Å². The summed E-state index contributed by atoms with van der Waals surface area (Å²) in [5.41, 5.74) is 7.14. The molecular weight excluding hydrogens is 311 g/mol. The Morgan fingerprint density at radius 1 is 1.19 bits per heavy atom. The largest absolute Gasteiger partial charge is 0.330 e. The second-order valence-corrected chi connectivity index (χ2v) is 4.73. The van der Waals surface area contributed by atoms with Crippen LogP contribution < -0.4 is 11.1 Å². The van der Waals surface area contributed by atoms with Gasteiger partial charge in [-0.2, -0.15) is 0 Å². The first kappa shape index (κ1) is 16.2. The van der Waals surface area contributed by atoms with E-state index in [4.69, 9.17) is 5.73 Å². The molecule has 2 rings (SSSR count). The van der Waals surface area contributed by atoms with E-state index in [1.54, 1.807) is 0 Å². The maximum absolute atomic E-state index is 5.74. The van der Waals surface area contributed by atoms with Gasteiger partial charge in [-0.05, 0) is 36.7 Å². The van der Waals surface area contributed by atoms with Gasteiger partial charge in [-0.15, -0.1) is 24.8 Å². The Kier molecular flexibility index (Phi) is 7.61. The third kappa shape index (κ3) is 3.60. The highest BCUT2D eigenvalue weighted by Gasteiger charge is 2.26. The van der Waals surface area contributed by atoms with Crippen molar-refractivity contribution in [2.24, 2.45) is 11.7 Å². The van der Waals surface area contributed by atoms with Crippen LogP contribution in [0.3, 0.4) is 0 Å². The van der Waals surface area contributed by atoms with Gasteiger partial charge >= 0.3 is 0 Å². The van der Waals surface area contributed by atoms with Gasteiger partial charge in [-0.1, -0.05) is 28.1 Å². The number of halogens is 3. The number of benzene rings is 1. The Bertz CT molecular complexity index is 305. The van der Waals surface area contributed by atoms with E-state index in [9.17, 15) is 0 Å². The zero-order valence-corrected chi connectivity index (χ0v) is 12.1. The molecule has 16 heavy (non-hydrogen) atoms. The molecule has 0 spiro atoms. The minimum absolute atomic E-state index is 0. The molecule has 0 radical (unpaired) electrons. The summed E-state index contributed by atoms with van der Waals surface area (Å²) in [6.07, 6.45) is 0. The number of nitrogens with two attached hydrogens (primary N) is 1. The van der Waals surface area contributed by atoms with Gasteiger partial charge in [0, 0.05) is 16.9 Å². The van der Waals surface area contributed by atoms with E-state index in [-0.39, 0.29) is 24.8 Å². The summed E-state index contributed by atoms with van der Waals surface area (Å²) in [4.78, 5) is 0. The zero-order chi connectivity index (χ0) is 9.97. The van der Waals surface area contributed by atoms with Gasteiger partial charge in [0.2, 0.25) is 0 Å². The first-order chi connectivity index (χ1) is 6.81. The van der Waals surface area contributed by atoms with Gasteiger partial charge in [0.15, 0.2) is 0 Å². The van der Waals surface area contributed by atoms with Gasteiger partial charge in [0.05, 0.1) is 0 Å². The monoisotopic (exact) mass is 326 g/mol. The van der Waals surface area contributed by atoms with Crippen molar-refractivity contribution in [2.75, 3.05) is 19.6 Å². The molecule has 1 aliphatic rings. The molecule has 2 atom stereocenters. The molecular formula is C11H17BrCl2N2. The Morgan fingerprint density at radius 2 is 1.81 bits per heavy atom. The maximum Gasteiger partial charge on any atom is 0.0175 e. The van der Waals surface area contributed by atoms with Gasteiger partial charge in [0.25, 0.3) is 0 Å². The molecule has 0 amide bonds. The van der Waals surface area contributed by atoms with Gasteiger partial charge in [0.1, 0.15) is 0 Å². The van der Waals surface area contributed by atoms with Crippen LogP contribution in [0.5, 0.6) is 0 Å². The van der Waals surface area contributed by atoms with Crippen LogP contribution in [0.2, 0.25) is 0 Å². The first-order valence-electron chi connectivity index (χ1n) is 4.97. The van der Waals surface area contributed by atoms with Crippen LogP contribution in [-0.2, 0) is 0 Å². The standard InChI is InChI=1S/C11H15BrN2.2ClH/c12-10-3-1-8(2-4-10)11-7-14-6-9(11)5-13;;/h1-4,9,11,14H,5-7,13H2;2*1H. The number of rotatable bonds is 2. The second-order valence-electron chi connectivity index (χ2n) is 3.81. The highest BCUT2D eigenvalue weighted by Crippen LogP contribution is 2.28. The third-order valence-corrected chi connectivity index (χ3v) is 3.47. The fraction of sp³-hybridized carbons (Fsp3) is 0.455. The van der Waals surface area contributed by atoms with Crippen molar-refractivity contribution >= 4 is 40.7 Å². The molecule has 1 heterocycles. The van der Waals surface area contributed by atoms with E-state index in [0.717, 1.165) is 24.1 Å². The lowest BCUT2D eigenvalue weighted by atomic mass is 9.89. The Labute approximate surface area is 117 Å². The summed E-state index contributed by atoms with van der Waals surface area (Å²) in [5, 5.41) is 3.39. The lowest BCUT2D eigenvalue weighted by molar-refractivity contribution is 0.531. The van der Waals surface area contributed by atoms with Crippen LogP contribution in [0.1, 0.15) is 11.5 Å². The summed E-state index contributed by atoms with van der Waals surface area (Å²) in [6.45, 7) is 2.88. The molecule has 2 nitrogen and oxygen atoms in total. The molecule has 5 heteroatoms. The van der Waals surface area contributed by atoms with Crippen molar-refractivity contribution in [2.45, 2.75) is 5.92 Å². The van der Waals surface area contributed by atoms with Crippen molar-refractivity contribution in [3.8, 4) is 0 Å². The Morgan fingerprint density at radius 3 is 2.38 bits per heavy atom. The number of hydrogen-bond acceptors (Lipinski definition) is 2. The second kappa shape index (κ2) is 7.51. The average Bonchev–Trinajstić information content (AvgIpc) is 2.67. The fourth-order valence-electron chi connectivity index (χ4n) is 2.08. The zero-order valence-electron chi connectivity index (χ0n) is 8.86. The topological polar surface area (TPSA) is 38.0 Å². The molecule has 1 saturated heterocycles. The quantitative estimate of drug-likeness (QED) is 0.876. The summed E-state index contributed by atoms with van der Waals surface area (Å²) in [5.74, 6) is 1.18. The summed E-state index contributed by atoms with van der Waals surface area (Å²) >= 11 is 3.45. The van der Waals surface area contributed by atoms with Gasteiger partial charge in [-0.3, -0.25) is 0 Å². The molecule has 0 bridgehead atoms. The first-order valence-corrected chi connectivity index (χ1v) is 5.77. The highest BCUT2D eigenvalue weighted by atomic mass is 79.9. The van der Waals surface area contributed by atoms with Crippen molar-refractivity contribution in [1.82, 2.24) is 5.32 Å². The van der Waals surface area contributed by atoms with Crippen LogP contribution in [0.4, 0.5) is 0 Å². The highest BCUT2D eigenvalue weighted by molar-refractivity contribution is 9.10. The Balaban J connectivity index is 0.00000112. The molecule has 1 aliphatic heterocycles. The van der Waals surface area contributed by atoms with Gasteiger partial charge < -0.3 is 11.1 Å². The average molecular weight is 328 g/mol. The predicted molar refractivity (Wildman–Crippen MR) is 76.8 cm³/mol. The van der Waals surface area contributed by atoms with Crippen molar-refractivity contribution in [1.29, 1.82) is 0 Å². The molecule has 1 aromatic carbocycles. The van der Waals surface area contributed by atoms with Gasteiger partial charge in [-0.25, -0.2) is 0 Å². The molecule has 1 aromatic rings. The van der Waals surface area contributed by atoms with Crippen LogP contribution in [0, 0.1) is 5.92 Å². The predicted octanol–water partition coefficient (Wildman–Crippen LogP) is 2.55. The lowest BCUT2D eigenvalue weighted by Crippen LogP contribution is -2.20. The summed E-state index contributed by atoms with van der Waals surface area (Å²) in [6, 6.07) is 8.57. The molecule has 2 unspecified atom stereocenters. The third-order valence-electron chi connectivity index (χ3n) is 2.94. The van der Waals surface area contributed by atoms with E-state index >= 15 is 0 Å². The van der Waals surface area contributed by atoms with Crippen molar-refractivity contribution in [3.63, 3.8) is 0 Å². The molecule has 0 saturated carbocycles. The van der Waals surface area contributed by atoms with Crippen molar-refractivity contribution < 1.29 is 0 Å². The number of hydrogen-bond donors (Lipinski definition) is 2. The van der Waals surface area contributed by atoms with E-state index < -0.39 is 0 Å². The smallest absolute Gasteiger partial charge is 0.0175 e. The summed E-state index contributed by atoms with van der Waals surface area (Å²) < 4.78 is 1.14. The van der Waals surface area contributed by atoms with E-state index in [1.807, 2.05) is 0 Å². The molecule has 92 valence electrons.